The van der Waals surface area contributed by atoms with Crippen molar-refractivity contribution >= 4 is 75.4 Å². The maximum atomic E-state index is 11.0. The minimum atomic E-state index is -4.50. The summed E-state index contributed by atoms with van der Waals surface area (Å²) in [4.78, 5) is 31.3. The zero-order chi connectivity index (χ0) is 34.8. The normalized spacial score (nSPS) is 11.7. The second-order valence-electron chi connectivity index (χ2n) is 9.29. The number of aliphatic hydroxyl groups excluding tert-OH is 4. The molecule has 0 amide bonds. The van der Waals surface area contributed by atoms with E-state index in [1.165, 1.54) is 11.1 Å². The topological polar surface area (TPSA) is 321 Å². The van der Waals surface area contributed by atoms with Gasteiger partial charge in [0.15, 0.2) is 0 Å². The number of benzene rings is 1. The van der Waals surface area contributed by atoms with E-state index in [4.69, 9.17) is 0 Å². The molecule has 0 saturated heterocycles. The Balaban J connectivity index is 0.00000625. The van der Waals surface area contributed by atoms with Crippen LogP contribution < -0.4 is 90.5 Å². The van der Waals surface area contributed by atoms with Gasteiger partial charge in [-0.1, -0.05) is 6.07 Å². The summed E-state index contributed by atoms with van der Waals surface area (Å²) in [6.45, 7) is -1.09. The van der Waals surface area contributed by atoms with Crippen molar-refractivity contribution in [2.45, 2.75) is 12.5 Å². The van der Waals surface area contributed by atoms with E-state index in [0.29, 0.717) is 23.4 Å². The first kappa shape index (κ1) is 45.9. The quantitative estimate of drug-likeness (QED) is 0.00846. The Kier molecular flexibility index (Phi) is 22.9. The molecular formula is C24H34N12Na2O10S2. The molecular weight excluding hydrogens is 726 g/mol. The second-order valence-corrected chi connectivity index (χ2v) is 11.5. The third-order valence-corrected chi connectivity index (χ3v) is 6.88. The van der Waals surface area contributed by atoms with E-state index in [9.17, 15) is 38.7 Å². The number of aliphatic hydroxyl groups is 4. The van der Waals surface area contributed by atoms with Gasteiger partial charge in [-0.15, -0.1) is 0 Å². The summed E-state index contributed by atoms with van der Waals surface area (Å²) >= 11 is 0.686. The second kappa shape index (κ2) is 25.0. The van der Waals surface area contributed by atoms with Gasteiger partial charge in [0, 0.05) is 55.9 Å². The summed E-state index contributed by atoms with van der Waals surface area (Å²) in [5.41, 5.74) is 0.945. The van der Waals surface area contributed by atoms with Gasteiger partial charge >= 0.3 is 59.1 Å². The Hall–Kier alpha value is -2.11. The Morgan fingerprint density at radius 1 is 0.920 bits per heavy atom. The van der Waals surface area contributed by atoms with Crippen LogP contribution >= 0.6 is 12.0 Å². The molecule has 1 atom stereocenters. The van der Waals surface area contributed by atoms with E-state index in [2.05, 4.69) is 65.5 Å². The summed E-state index contributed by atoms with van der Waals surface area (Å²) < 4.78 is 37.3. The Labute approximate surface area is 335 Å². The van der Waals surface area contributed by atoms with Gasteiger partial charge in [-0.25, -0.2) is 13.4 Å². The Bertz CT molecular complexity index is 1570. The number of hydrogen-bond donors (Lipinski definition) is 8. The molecule has 0 spiro atoms. The van der Waals surface area contributed by atoms with E-state index in [1.54, 1.807) is 24.3 Å². The fraction of sp³-hybridized carbons (Fsp3) is 0.458. The number of nitrogens with one attached hydrogen (secondary N) is 4. The standard InChI is InChI=1S/C24H36N12O10S2.2Na/c37-9-4-18(15-40)29-22-31-19(26-6-13-48(42,43)44)30-21(33-22)27-16-2-1-3-17(14-16)28-23-32-20(25-5-12-47-46-45-41)34-24(35-23)36(7-10-38)8-11-39;;/h1-3,5,14,18,37-41H,4,6-13,15H2,(H,42,43,44)(H,28,32,34,35)(H3,26,27,29,30,31,33);;/q;2*+1/p-2. The predicted octanol–water partition coefficient (Wildman–Crippen LogP) is -7.97. The fourth-order valence-electron chi connectivity index (χ4n) is 3.70. The molecule has 26 heteroatoms. The molecule has 0 saturated carbocycles. The van der Waals surface area contributed by atoms with Crippen LogP contribution in [0, 0.1) is 0 Å². The molecule has 0 fully saturated rings. The molecule has 0 radical (unpaired) electrons. The fourth-order valence-corrected chi connectivity index (χ4v) is 4.28. The van der Waals surface area contributed by atoms with Gasteiger partial charge in [0.25, 0.3) is 5.95 Å². The largest absolute Gasteiger partial charge is 1.00 e. The number of hydrogen-bond acceptors (Lipinski definition) is 23. The number of nitrogens with zero attached hydrogens (tertiary/aromatic N) is 8. The zero-order valence-corrected chi connectivity index (χ0v) is 32.8. The molecule has 0 bridgehead atoms. The van der Waals surface area contributed by atoms with Gasteiger partial charge in [-0.2, -0.15) is 34.2 Å². The molecule has 1 unspecified atom stereocenters. The third-order valence-electron chi connectivity index (χ3n) is 5.74. The van der Waals surface area contributed by atoms with Crippen molar-refractivity contribution in [1.82, 2.24) is 29.9 Å². The molecule has 3 aromatic rings. The van der Waals surface area contributed by atoms with E-state index >= 15 is 0 Å². The van der Waals surface area contributed by atoms with Gasteiger partial charge in [-0.05, 0) is 24.6 Å². The third kappa shape index (κ3) is 17.4. The van der Waals surface area contributed by atoms with Crippen LogP contribution in [0.3, 0.4) is 0 Å². The minimum absolute atomic E-state index is 0. The van der Waals surface area contributed by atoms with Crippen molar-refractivity contribution in [3.05, 3.63) is 24.3 Å². The van der Waals surface area contributed by atoms with E-state index in [1.807, 2.05) is 0 Å². The van der Waals surface area contributed by atoms with Crippen molar-refractivity contribution in [2.75, 3.05) is 83.7 Å². The first-order chi connectivity index (χ1) is 23.2. The monoisotopic (exact) mass is 760 g/mol. The number of anilines is 7. The minimum Gasteiger partial charge on any atom is -0.748 e. The van der Waals surface area contributed by atoms with Gasteiger partial charge in [0.05, 0.1) is 47.5 Å². The van der Waals surface area contributed by atoms with Crippen LogP contribution in [-0.2, 0) is 19.5 Å². The van der Waals surface area contributed by atoms with Crippen molar-refractivity contribution in [2.24, 2.45) is 4.99 Å². The molecule has 22 nitrogen and oxygen atoms in total. The van der Waals surface area contributed by atoms with Crippen LogP contribution in [0.1, 0.15) is 6.42 Å². The van der Waals surface area contributed by atoms with Crippen molar-refractivity contribution in [3.63, 3.8) is 0 Å². The van der Waals surface area contributed by atoms with Crippen molar-refractivity contribution in [3.8, 4) is 0 Å². The van der Waals surface area contributed by atoms with E-state index in [-0.39, 0.29) is 153 Å². The summed E-state index contributed by atoms with van der Waals surface area (Å²) in [6.07, 6.45) is 1.55. The maximum absolute atomic E-state index is 11.0. The smallest absolute Gasteiger partial charge is 0.748 e. The van der Waals surface area contributed by atoms with Crippen LogP contribution in [0.15, 0.2) is 29.3 Å². The molecule has 50 heavy (non-hydrogen) atoms. The van der Waals surface area contributed by atoms with Gasteiger partial charge in [-0.3, -0.25) is 5.04 Å². The van der Waals surface area contributed by atoms with Gasteiger partial charge in [0.1, 0.15) is 0 Å². The average Bonchev–Trinajstić information content (AvgIpc) is 3.04. The molecule has 0 aliphatic rings. The summed E-state index contributed by atoms with van der Waals surface area (Å²) in [5, 5.41) is 62.7. The summed E-state index contributed by atoms with van der Waals surface area (Å²) in [7, 11) is -4.50. The molecule has 2 aromatic heterocycles. The van der Waals surface area contributed by atoms with Gasteiger partial charge < -0.3 is 56.4 Å². The SMILES string of the molecule is O=S(=O)([O-])CCNc1nc(Nc2cccc(Nc3nc(N=CCSOO[O-])nc(N(CCO)CCO)n3)c2)nc(NC(CO)CCO)n1.[Na+].[Na+]. The molecule has 1 aromatic carbocycles. The molecule has 8 N–H and O–H groups in total. The van der Waals surface area contributed by atoms with Crippen LogP contribution in [-0.4, -0.2) is 133 Å². The number of aliphatic imine (C=N–C) groups is 1. The molecule has 0 aliphatic carbocycles. The van der Waals surface area contributed by atoms with Gasteiger partial charge in [0.2, 0.25) is 29.7 Å². The summed E-state index contributed by atoms with van der Waals surface area (Å²) in [6, 6.07) is 6.12. The van der Waals surface area contributed by atoms with Crippen LogP contribution in [0.25, 0.3) is 0 Å². The van der Waals surface area contributed by atoms with E-state index in [0.717, 1.165) is 0 Å². The van der Waals surface area contributed by atoms with Crippen LogP contribution in [0.5, 0.6) is 0 Å². The molecule has 264 valence electrons. The molecule has 2 heterocycles. The Morgan fingerprint density at radius 2 is 1.56 bits per heavy atom. The Morgan fingerprint density at radius 3 is 2.16 bits per heavy atom. The molecule has 3 rings (SSSR count). The van der Waals surface area contributed by atoms with E-state index < -0.39 is 21.9 Å². The maximum Gasteiger partial charge on any atom is 1.00 e. The van der Waals surface area contributed by atoms with Crippen LogP contribution in [0.4, 0.5) is 47.1 Å². The van der Waals surface area contributed by atoms with Crippen LogP contribution in [0.2, 0.25) is 0 Å². The van der Waals surface area contributed by atoms with Crippen molar-refractivity contribution in [1.29, 1.82) is 0 Å². The van der Waals surface area contributed by atoms with Crippen molar-refractivity contribution < 1.29 is 107 Å². The zero-order valence-electron chi connectivity index (χ0n) is 27.2. The number of aromatic nitrogens is 6. The number of rotatable bonds is 23. The first-order valence-corrected chi connectivity index (χ1v) is 16.5. The molecule has 0 aliphatic heterocycles. The predicted molar refractivity (Wildman–Crippen MR) is 171 cm³/mol. The first-order valence-electron chi connectivity index (χ1n) is 14.1. The summed E-state index contributed by atoms with van der Waals surface area (Å²) in [5.74, 6) is -0.516. The average molecular weight is 761 g/mol.